The smallest absolute Gasteiger partial charge is 0.255 e. The highest BCUT2D eigenvalue weighted by Crippen LogP contribution is 2.35. The van der Waals surface area contributed by atoms with E-state index in [0.29, 0.717) is 46.4 Å². The Labute approximate surface area is 252 Å². The molecule has 1 aromatic heterocycles. The lowest BCUT2D eigenvalue weighted by Gasteiger charge is -2.42. The van der Waals surface area contributed by atoms with Crippen LogP contribution in [0.4, 0.5) is 28.8 Å². The first-order chi connectivity index (χ1) is 20.4. The number of aromatic nitrogens is 2. The first-order valence-electron chi connectivity index (χ1n) is 14.7. The summed E-state index contributed by atoms with van der Waals surface area (Å²) in [5, 5.41) is 6.92. The van der Waals surface area contributed by atoms with Crippen LogP contribution in [0.15, 0.2) is 42.6 Å². The molecule has 1 amide bonds. The molecule has 6 rings (SSSR count). The number of hydrogen-bond acceptors (Lipinski definition) is 9. The molecule has 2 saturated heterocycles. The van der Waals surface area contributed by atoms with Gasteiger partial charge in [-0.25, -0.2) is 4.98 Å². The molecule has 0 radical (unpaired) electrons. The summed E-state index contributed by atoms with van der Waals surface area (Å²) >= 11 is 6.48. The van der Waals surface area contributed by atoms with Crippen molar-refractivity contribution >= 4 is 46.3 Å². The molecule has 42 heavy (non-hydrogen) atoms. The van der Waals surface area contributed by atoms with E-state index in [2.05, 4.69) is 54.5 Å². The molecular weight excluding hydrogens is 552 g/mol. The normalized spacial score (nSPS) is 18.6. The molecule has 11 heteroatoms. The van der Waals surface area contributed by atoms with Crippen molar-refractivity contribution in [2.75, 3.05) is 82.6 Å². The molecule has 2 N–H and O–H groups in total. The number of halogens is 1. The lowest BCUT2D eigenvalue weighted by molar-refractivity contribution is 0.0782. The number of likely N-dealkylation sites (N-methyl/N-ethyl adjacent to an activating group) is 2. The van der Waals surface area contributed by atoms with Crippen LogP contribution in [0.3, 0.4) is 0 Å². The molecule has 222 valence electrons. The highest BCUT2D eigenvalue weighted by molar-refractivity contribution is 6.33. The number of rotatable bonds is 7. The van der Waals surface area contributed by atoms with Gasteiger partial charge in [0.25, 0.3) is 5.91 Å². The van der Waals surface area contributed by atoms with Crippen LogP contribution in [-0.4, -0.2) is 104 Å². The molecule has 2 aromatic carbocycles. The van der Waals surface area contributed by atoms with Gasteiger partial charge < -0.3 is 30.1 Å². The number of nitrogens with one attached hydrogen (secondary N) is 2. The Balaban J connectivity index is 1.14. The highest BCUT2D eigenvalue weighted by atomic mass is 35.5. The standard InChI is InChI=1S/C31H39ClN8O2/c1-37-15-17-40(18-16-37)22-10-13-39(14-11-22)23-7-8-25(27(19-23)42-3)35-31-33-20-24(32)29(36-31)34-26-6-4-5-21-9-12-38(2)30(41)28(21)26/h4-8,19-20,22H,9-18H2,1-3H3,(H2,33,34,35,36). The summed E-state index contributed by atoms with van der Waals surface area (Å²) < 4.78 is 5.77. The molecule has 0 unspecified atom stereocenters. The average molecular weight is 591 g/mol. The predicted octanol–water partition coefficient (Wildman–Crippen LogP) is 4.47. The third-order valence-corrected chi connectivity index (χ3v) is 9.02. The fourth-order valence-electron chi connectivity index (χ4n) is 6.16. The van der Waals surface area contributed by atoms with Crippen LogP contribution in [0, 0.1) is 0 Å². The van der Waals surface area contributed by atoms with Gasteiger partial charge in [0.2, 0.25) is 5.95 Å². The number of fused-ring (bicyclic) bond motifs is 1. The second kappa shape index (κ2) is 12.3. The van der Waals surface area contributed by atoms with Crippen molar-refractivity contribution in [3.8, 4) is 5.75 Å². The quantitative estimate of drug-likeness (QED) is 0.414. The van der Waals surface area contributed by atoms with E-state index in [9.17, 15) is 4.79 Å². The summed E-state index contributed by atoms with van der Waals surface area (Å²) in [7, 11) is 5.70. The summed E-state index contributed by atoms with van der Waals surface area (Å²) in [5.41, 5.74) is 4.25. The van der Waals surface area contributed by atoms with E-state index in [1.807, 2.05) is 31.3 Å². The Morgan fingerprint density at radius 1 is 0.952 bits per heavy atom. The molecule has 10 nitrogen and oxygen atoms in total. The van der Waals surface area contributed by atoms with Gasteiger partial charge in [-0.05, 0) is 50.1 Å². The molecule has 3 aliphatic heterocycles. The average Bonchev–Trinajstić information content (AvgIpc) is 3.01. The molecule has 3 aromatic rings. The van der Waals surface area contributed by atoms with Crippen molar-refractivity contribution in [2.45, 2.75) is 25.3 Å². The lowest BCUT2D eigenvalue weighted by Crippen LogP contribution is -2.52. The fraction of sp³-hybridized carbons (Fsp3) is 0.452. The maximum Gasteiger partial charge on any atom is 0.255 e. The maximum absolute atomic E-state index is 12.9. The minimum absolute atomic E-state index is 0.0174. The predicted molar refractivity (Wildman–Crippen MR) is 168 cm³/mol. The van der Waals surface area contributed by atoms with E-state index in [1.54, 1.807) is 18.2 Å². The van der Waals surface area contributed by atoms with Crippen LogP contribution < -0.4 is 20.3 Å². The lowest BCUT2D eigenvalue weighted by atomic mass is 9.97. The monoisotopic (exact) mass is 590 g/mol. The van der Waals surface area contributed by atoms with Crippen molar-refractivity contribution < 1.29 is 9.53 Å². The number of methoxy groups -OCH3 is 1. The van der Waals surface area contributed by atoms with Crippen molar-refractivity contribution in [3.63, 3.8) is 0 Å². The second-order valence-corrected chi connectivity index (χ2v) is 11.8. The second-order valence-electron chi connectivity index (χ2n) is 11.4. The number of hydrogen-bond donors (Lipinski definition) is 2. The van der Waals surface area contributed by atoms with Crippen LogP contribution in [-0.2, 0) is 6.42 Å². The third-order valence-electron chi connectivity index (χ3n) is 8.74. The largest absolute Gasteiger partial charge is 0.494 e. The Morgan fingerprint density at radius 2 is 1.74 bits per heavy atom. The van der Waals surface area contributed by atoms with Gasteiger partial charge in [-0.3, -0.25) is 9.69 Å². The fourth-order valence-corrected chi connectivity index (χ4v) is 6.30. The van der Waals surface area contributed by atoms with Crippen LogP contribution in [0.25, 0.3) is 0 Å². The number of anilines is 5. The van der Waals surface area contributed by atoms with Crippen LogP contribution in [0.2, 0.25) is 5.02 Å². The molecule has 0 aliphatic carbocycles. The number of amides is 1. The maximum atomic E-state index is 12.9. The summed E-state index contributed by atoms with van der Waals surface area (Å²) in [4.78, 5) is 31.2. The van der Waals surface area contributed by atoms with Crippen LogP contribution >= 0.6 is 11.6 Å². The number of nitrogens with zero attached hydrogens (tertiary/aromatic N) is 6. The summed E-state index contributed by atoms with van der Waals surface area (Å²) in [6, 6.07) is 12.7. The number of carbonyl (C=O) groups is 1. The molecule has 3 aliphatic rings. The Bertz CT molecular complexity index is 1440. The van der Waals surface area contributed by atoms with E-state index < -0.39 is 0 Å². The van der Waals surface area contributed by atoms with Gasteiger partial charge in [-0.1, -0.05) is 23.7 Å². The van der Waals surface area contributed by atoms with Crippen LogP contribution in [0.1, 0.15) is 28.8 Å². The summed E-state index contributed by atoms with van der Waals surface area (Å²) in [6.07, 6.45) is 4.70. The SMILES string of the molecule is COc1cc(N2CCC(N3CCN(C)CC3)CC2)ccc1Nc1ncc(Cl)c(Nc2cccc3c2C(=O)N(C)CC3)n1. The molecule has 0 atom stereocenters. The van der Waals surface area contributed by atoms with E-state index in [0.717, 1.165) is 49.5 Å². The van der Waals surface area contributed by atoms with Crippen molar-refractivity contribution in [2.24, 2.45) is 0 Å². The number of benzene rings is 2. The van der Waals surface area contributed by atoms with E-state index in [-0.39, 0.29) is 5.91 Å². The summed E-state index contributed by atoms with van der Waals surface area (Å²) in [6.45, 7) is 7.42. The number of piperidine rings is 1. The van der Waals surface area contributed by atoms with E-state index in [4.69, 9.17) is 16.3 Å². The molecule has 0 bridgehead atoms. The first kappa shape index (κ1) is 28.5. The molecule has 2 fully saturated rings. The Morgan fingerprint density at radius 3 is 2.50 bits per heavy atom. The van der Waals surface area contributed by atoms with Gasteiger partial charge in [0.15, 0.2) is 5.82 Å². The zero-order valence-electron chi connectivity index (χ0n) is 24.6. The number of ether oxygens (including phenoxy) is 1. The highest BCUT2D eigenvalue weighted by Gasteiger charge is 2.28. The minimum Gasteiger partial charge on any atom is -0.494 e. The minimum atomic E-state index is -0.0174. The van der Waals surface area contributed by atoms with Crippen molar-refractivity contribution in [1.82, 2.24) is 24.7 Å². The Kier molecular flexibility index (Phi) is 8.37. The van der Waals surface area contributed by atoms with Gasteiger partial charge in [-0.2, -0.15) is 4.98 Å². The van der Waals surface area contributed by atoms with Gasteiger partial charge in [0.05, 0.1) is 30.2 Å². The number of piperazine rings is 1. The van der Waals surface area contributed by atoms with Gasteiger partial charge >= 0.3 is 0 Å². The van der Waals surface area contributed by atoms with Gasteiger partial charge in [0, 0.05) is 70.7 Å². The van der Waals surface area contributed by atoms with E-state index in [1.165, 1.54) is 25.9 Å². The Hall–Kier alpha value is -3.60. The van der Waals surface area contributed by atoms with Crippen molar-refractivity contribution in [1.29, 1.82) is 0 Å². The van der Waals surface area contributed by atoms with Crippen LogP contribution in [0.5, 0.6) is 5.75 Å². The zero-order chi connectivity index (χ0) is 29.2. The molecule has 4 heterocycles. The topological polar surface area (TPSA) is 89.1 Å². The summed E-state index contributed by atoms with van der Waals surface area (Å²) in [5.74, 6) is 1.49. The van der Waals surface area contributed by atoms with Crippen molar-refractivity contribution in [3.05, 3.63) is 58.7 Å². The van der Waals surface area contributed by atoms with E-state index >= 15 is 0 Å². The zero-order valence-corrected chi connectivity index (χ0v) is 25.3. The molecule has 0 saturated carbocycles. The van der Waals surface area contributed by atoms with Gasteiger partial charge in [-0.15, -0.1) is 0 Å². The molecular formula is C31H39ClN8O2. The first-order valence-corrected chi connectivity index (χ1v) is 15.1. The van der Waals surface area contributed by atoms with Gasteiger partial charge in [0.1, 0.15) is 10.8 Å². The number of carbonyl (C=O) groups excluding carboxylic acids is 1. The molecule has 0 spiro atoms. The third kappa shape index (κ3) is 5.97.